The SMILES string of the molecule is COc1ccc(C(=O)c2cc(OC)c(OC)c(OC)c2)cc1OC(C)c1cnc([N+](=O)[O-])n1C. The molecule has 3 aromatic rings. The second-order valence-electron chi connectivity index (χ2n) is 7.17. The van der Waals surface area contributed by atoms with Crippen molar-refractivity contribution >= 4 is 11.7 Å². The maximum Gasteiger partial charge on any atom is 0.434 e. The third-order valence-corrected chi connectivity index (χ3v) is 5.24. The van der Waals surface area contributed by atoms with E-state index in [1.807, 2.05) is 0 Å². The third kappa shape index (κ3) is 4.58. The molecule has 1 aromatic heterocycles. The maximum atomic E-state index is 13.3. The summed E-state index contributed by atoms with van der Waals surface area (Å²) in [4.78, 5) is 27.6. The summed E-state index contributed by atoms with van der Waals surface area (Å²) in [6.45, 7) is 1.72. The minimum absolute atomic E-state index is 0.289. The van der Waals surface area contributed by atoms with Crippen molar-refractivity contribution in [3.8, 4) is 28.7 Å². The van der Waals surface area contributed by atoms with E-state index in [2.05, 4.69) is 4.98 Å². The zero-order valence-electron chi connectivity index (χ0n) is 19.6. The second-order valence-corrected chi connectivity index (χ2v) is 7.17. The van der Waals surface area contributed by atoms with Gasteiger partial charge in [-0.1, -0.05) is 4.98 Å². The quantitative estimate of drug-likeness (QED) is 0.247. The van der Waals surface area contributed by atoms with Crippen molar-refractivity contribution in [1.29, 1.82) is 0 Å². The Hall–Kier alpha value is -4.28. The highest BCUT2D eigenvalue weighted by molar-refractivity contribution is 6.10. The van der Waals surface area contributed by atoms with Crippen LogP contribution in [-0.2, 0) is 7.05 Å². The number of hydrogen-bond acceptors (Lipinski definition) is 9. The van der Waals surface area contributed by atoms with Crippen LogP contribution in [0.15, 0.2) is 36.5 Å². The van der Waals surface area contributed by atoms with Crippen LogP contribution in [0.1, 0.15) is 34.6 Å². The van der Waals surface area contributed by atoms with Gasteiger partial charge in [-0.2, -0.15) is 0 Å². The molecule has 0 radical (unpaired) electrons. The molecule has 0 N–H and O–H groups in total. The Kier molecular flexibility index (Phi) is 7.24. The summed E-state index contributed by atoms with van der Waals surface area (Å²) >= 11 is 0. The van der Waals surface area contributed by atoms with E-state index in [4.69, 9.17) is 23.7 Å². The molecule has 0 amide bonds. The molecule has 180 valence electrons. The topological polar surface area (TPSA) is 124 Å². The summed E-state index contributed by atoms with van der Waals surface area (Å²) in [6, 6.07) is 7.89. The van der Waals surface area contributed by atoms with E-state index in [0.29, 0.717) is 39.8 Å². The smallest absolute Gasteiger partial charge is 0.434 e. The number of carbonyl (C=O) groups is 1. The van der Waals surface area contributed by atoms with Crippen LogP contribution in [0.25, 0.3) is 0 Å². The zero-order valence-corrected chi connectivity index (χ0v) is 19.6. The van der Waals surface area contributed by atoms with Crippen LogP contribution >= 0.6 is 0 Å². The van der Waals surface area contributed by atoms with E-state index < -0.39 is 11.0 Å². The number of methoxy groups -OCH3 is 4. The number of benzene rings is 2. The summed E-state index contributed by atoms with van der Waals surface area (Å²) in [5, 5.41) is 11.1. The molecule has 0 bridgehead atoms. The first-order valence-electron chi connectivity index (χ1n) is 10.1. The van der Waals surface area contributed by atoms with Gasteiger partial charge in [0.05, 0.1) is 35.5 Å². The fraction of sp³-hybridized carbons (Fsp3) is 0.304. The summed E-state index contributed by atoms with van der Waals surface area (Å²) in [5.41, 5.74) is 1.13. The Labute approximate surface area is 195 Å². The molecule has 0 spiro atoms. The highest BCUT2D eigenvalue weighted by Crippen LogP contribution is 2.39. The Morgan fingerprint density at radius 3 is 2.03 bits per heavy atom. The maximum absolute atomic E-state index is 13.3. The predicted molar refractivity (Wildman–Crippen MR) is 121 cm³/mol. The lowest BCUT2D eigenvalue weighted by Crippen LogP contribution is -2.11. The second kappa shape index (κ2) is 10.1. The number of nitro groups is 1. The van der Waals surface area contributed by atoms with Crippen molar-refractivity contribution in [3.63, 3.8) is 0 Å². The molecule has 0 saturated heterocycles. The Balaban J connectivity index is 1.97. The molecule has 3 rings (SSSR count). The van der Waals surface area contributed by atoms with E-state index in [1.165, 1.54) is 46.3 Å². The summed E-state index contributed by atoms with van der Waals surface area (Å²) in [6.07, 6.45) is 0.756. The van der Waals surface area contributed by atoms with Gasteiger partial charge in [-0.05, 0) is 42.2 Å². The number of imidazole rings is 1. The van der Waals surface area contributed by atoms with Crippen molar-refractivity contribution in [3.05, 3.63) is 63.5 Å². The zero-order chi connectivity index (χ0) is 25.0. The van der Waals surface area contributed by atoms with Gasteiger partial charge in [0.15, 0.2) is 40.6 Å². The van der Waals surface area contributed by atoms with E-state index in [9.17, 15) is 14.9 Å². The molecule has 11 nitrogen and oxygen atoms in total. The molecule has 0 fully saturated rings. The Morgan fingerprint density at radius 2 is 1.53 bits per heavy atom. The first-order chi connectivity index (χ1) is 16.2. The van der Waals surface area contributed by atoms with Crippen LogP contribution in [0.5, 0.6) is 28.7 Å². The summed E-state index contributed by atoms with van der Waals surface area (Å²) < 4.78 is 28.7. The molecule has 11 heteroatoms. The van der Waals surface area contributed by atoms with Gasteiger partial charge >= 0.3 is 5.95 Å². The average Bonchev–Trinajstić information content (AvgIpc) is 3.24. The van der Waals surface area contributed by atoms with Crippen molar-refractivity contribution < 1.29 is 33.4 Å². The lowest BCUT2D eigenvalue weighted by atomic mass is 10.0. The normalized spacial score (nSPS) is 11.5. The van der Waals surface area contributed by atoms with Gasteiger partial charge in [-0.3, -0.25) is 4.79 Å². The van der Waals surface area contributed by atoms with E-state index in [0.717, 1.165) is 0 Å². The van der Waals surface area contributed by atoms with Crippen LogP contribution in [0.4, 0.5) is 5.95 Å². The number of rotatable bonds is 10. The van der Waals surface area contributed by atoms with Gasteiger partial charge in [-0.25, -0.2) is 4.57 Å². The molecule has 1 heterocycles. The number of ketones is 1. The standard InChI is InChI=1S/C23H25N3O8/c1-13(16-12-24-23(25(16)2)26(28)29)34-18-9-14(7-8-17(18)30-3)21(27)15-10-19(31-4)22(33-6)20(11-15)32-5/h7-13H,1-6H3. The molecule has 0 aliphatic carbocycles. The number of carbonyl (C=O) groups excluding carboxylic acids is 1. The molecule has 0 aliphatic rings. The van der Waals surface area contributed by atoms with Gasteiger partial charge in [0, 0.05) is 11.1 Å². The van der Waals surface area contributed by atoms with Crippen LogP contribution in [0, 0.1) is 10.1 Å². The molecule has 1 atom stereocenters. The van der Waals surface area contributed by atoms with Gasteiger partial charge in [-0.15, -0.1) is 0 Å². The fourth-order valence-corrected chi connectivity index (χ4v) is 3.50. The van der Waals surface area contributed by atoms with Crippen molar-refractivity contribution in [2.45, 2.75) is 13.0 Å². The minimum Gasteiger partial charge on any atom is -0.493 e. The van der Waals surface area contributed by atoms with Crippen LogP contribution in [0.3, 0.4) is 0 Å². The first kappa shape index (κ1) is 24.4. The first-order valence-corrected chi connectivity index (χ1v) is 10.1. The molecular formula is C23H25N3O8. The predicted octanol–water partition coefficient (Wildman–Crippen LogP) is 3.73. The van der Waals surface area contributed by atoms with Crippen LogP contribution in [-0.4, -0.2) is 48.7 Å². The highest BCUT2D eigenvalue weighted by atomic mass is 16.6. The van der Waals surface area contributed by atoms with Crippen molar-refractivity contribution in [2.75, 3.05) is 28.4 Å². The highest BCUT2D eigenvalue weighted by Gasteiger charge is 2.25. The summed E-state index contributed by atoms with van der Waals surface area (Å²) in [7, 11) is 7.42. The molecule has 0 saturated carbocycles. The summed E-state index contributed by atoms with van der Waals surface area (Å²) in [5.74, 6) is 1.14. The number of nitrogens with zero attached hydrogens (tertiary/aromatic N) is 3. The molecule has 0 aliphatic heterocycles. The molecule has 2 aromatic carbocycles. The Morgan fingerprint density at radius 1 is 0.941 bits per heavy atom. The van der Waals surface area contributed by atoms with Crippen molar-refractivity contribution in [2.24, 2.45) is 7.05 Å². The van der Waals surface area contributed by atoms with Gasteiger partial charge in [0.25, 0.3) is 0 Å². The lowest BCUT2D eigenvalue weighted by molar-refractivity contribution is -0.396. The van der Waals surface area contributed by atoms with E-state index in [-0.39, 0.29) is 17.5 Å². The number of hydrogen-bond donors (Lipinski definition) is 0. The van der Waals surface area contributed by atoms with Gasteiger partial charge in [0.2, 0.25) is 5.75 Å². The van der Waals surface area contributed by atoms with Crippen LogP contribution in [0.2, 0.25) is 0 Å². The van der Waals surface area contributed by atoms with E-state index in [1.54, 1.807) is 37.3 Å². The Bertz CT molecular complexity index is 1200. The molecular weight excluding hydrogens is 446 g/mol. The number of ether oxygens (including phenoxy) is 5. The van der Waals surface area contributed by atoms with Gasteiger partial charge in [0.1, 0.15) is 6.20 Å². The largest absolute Gasteiger partial charge is 0.493 e. The lowest BCUT2D eigenvalue weighted by Gasteiger charge is -2.17. The minimum atomic E-state index is -0.619. The van der Waals surface area contributed by atoms with Crippen LogP contribution < -0.4 is 23.7 Å². The van der Waals surface area contributed by atoms with Gasteiger partial charge < -0.3 is 33.8 Å². The fourth-order valence-electron chi connectivity index (χ4n) is 3.50. The van der Waals surface area contributed by atoms with Crippen molar-refractivity contribution in [1.82, 2.24) is 9.55 Å². The molecule has 34 heavy (non-hydrogen) atoms. The number of aromatic nitrogens is 2. The third-order valence-electron chi connectivity index (χ3n) is 5.24. The monoisotopic (exact) mass is 471 g/mol. The van der Waals surface area contributed by atoms with E-state index >= 15 is 0 Å². The average molecular weight is 471 g/mol. The molecule has 1 unspecified atom stereocenters.